The van der Waals surface area contributed by atoms with Crippen molar-refractivity contribution in [1.29, 1.82) is 0 Å². The van der Waals surface area contributed by atoms with E-state index in [4.69, 9.17) is 15.5 Å². The van der Waals surface area contributed by atoms with Gasteiger partial charge in [0.05, 0.1) is 24.5 Å². The molecule has 1 aromatic carbocycles. The number of nitrogens with zero attached hydrogens (tertiary/aromatic N) is 4. The lowest BCUT2D eigenvalue weighted by Crippen LogP contribution is -2.33. The first-order valence-electron chi connectivity index (χ1n) is 12.0. The number of benzene rings is 1. The fourth-order valence-electron chi connectivity index (χ4n) is 4.09. The summed E-state index contributed by atoms with van der Waals surface area (Å²) in [4.78, 5) is 33.6. The molecule has 4 aromatic rings. The van der Waals surface area contributed by atoms with Crippen molar-refractivity contribution >= 4 is 34.9 Å². The van der Waals surface area contributed by atoms with E-state index >= 15 is 0 Å². The maximum absolute atomic E-state index is 14.1. The maximum atomic E-state index is 14.1. The number of carbonyl (C=O) groups is 2. The van der Waals surface area contributed by atoms with Gasteiger partial charge in [-0.25, -0.2) is 19.2 Å². The molecule has 0 spiro atoms. The van der Waals surface area contributed by atoms with Gasteiger partial charge in [0.2, 0.25) is 5.88 Å². The summed E-state index contributed by atoms with van der Waals surface area (Å²) in [5, 5.41) is 15.7. The molecule has 0 unspecified atom stereocenters. The molecule has 0 fully saturated rings. The Labute approximate surface area is 216 Å². The Balaban J connectivity index is 1.61. The van der Waals surface area contributed by atoms with Gasteiger partial charge in [-0.05, 0) is 37.6 Å². The van der Waals surface area contributed by atoms with Crippen molar-refractivity contribution in [3.8, 4) is 17.0 Å². The van der Waals surface area contributed by atoms with E-state index in [9.17, 15) is 14.0 Å². The first-order chi connectivity index (χ1) is 18.3. The van der Waals surface area contributed by atoms with Crippen LogP contribution in [0.25, 0.3) is 16.8 Å². The van der Waals surface area contributed by atoms with Crippen LogP contribution in [-0.4, -0.2) is 50.7 Å². The van der Waals surface area contributed by atoms with Gasteiger partial charge in [0.1, 0.15) is 29.1 Å². The van der Waals surface area contributed by atoms with Crippen LogP contribution in [0.4, 0.5) is 26.5 Å². The molecule has 1 atom stereocenters. The third kappa shape index (κ3) is 4.85. The van der Waals surface area contributed by atoms with Crippen LogP contribution < -0.4 is 31.7 Å². The second-order valence-electron chi connectivity index (χ2n) is 8.69. The third-order valence-corrected chi connectivity index (χ3v) is 5.90. The molecule has 0 radical (unpaired) electrons. The number of hydrogen-bond acceptors (Lipinski definition) is 8. The number of rotatable bonds is 3. The van der Waals surface area contributed by atoms with Crippen LogP contribution in [0.1, 0.15) is 29.8 Å². The summed E-state index contributed by atoms with van der Waals surface area (Å²) < 4.78 is 21.4. The van der Waals surface area contributed by atoms with Crippen LogP contribution in [0, 0.1) is 5.82 Å². The highest BCUT2D eigenvalue weighted by atomic mass is 19.1. The van der Waals surface area contributed by atoms with Crippen LogP contribution in [-0.2, 0) is 6.54 Å². The number of urea groups is 1. The lowest BCUT2D eigenvalue weighted by atomic mass is 10.1. The van der Waals surface area contributed by atoms with Crippen LogP contribution in [0.15, 0.2) is 42.7 Å². The molecule has 0 saturated heterocycles. The van der Waals surface area contributed by atoms with E-state index in [2.05, 4.69) is 31.3 Å². The number of fused-ring (bicyclic) bond motifs is 2. The van der Waals surface area contributed by atoms with Gasteiger partial charge in [0.25, 0.3) is 5.91 Å². The number of aromatic nitrogens is 4. The molecule has 4 heterocycles. The van der Waals surface area contributed by atoms with Crippen molar-refractivity contribution in [2.45, 2.75) is 26.5 Å². The van der Waals surface area contributed by atoms with E-state index in [-0.39, 0.29) is 42.0 Å². The van der Waals surface area contributed by atoms with Crippen molar-refractivity contribution in [3.63, 3.8) is 0 Å². The maximum Gasteiger partial charge on any atom is 0.319 e. The highest BCUT2D eigenvalue weighted by Crippen LogP contribution is 2.35. The number of nitrogen functional groups attached to an aromatic ring is 1. The summed E-state index contributed by atoms with van der Waals surface area (Å²) >= 11 is 0. The van der Waals surface area contributed by atoms with Crippen molar-refractivity contribution in [3.05, 3.63) is 59.7 Å². The van der Waals surface area contributed by atoms with Crippen molar-refractivity contribution in [2.75, 3.05) is 29.5 Å². The SMILES string of the molecule is CCNC(=O)Nc1ccc(-c2c3nc4c(cnn4c2N)C(=O)NC[C@H](C)Oc2ncc(F)cc2CN3)cc1. The van der Waals surface area contributed by atoms with Crippen molar-refractivity contribution < 1.29 is 18.7 Å². The van der Waals surface area contributed by atoms with E-state index in [1.54, 1.807) is 31.2 Å². The quantitative estimate of drug-likeness (QED) is 0.276. The number of anilines is 3. The minimum Gasteiger partial charge on any atom is -0.473 e. The smallest absolute Gasteiger partial charge is 0.319 e. The van der Waals surface area contributed by atoms with Gasteiger partial charge in [0, 0.05) is 24.3 Å². The second-order valence-corrected chi connectivity index (χ2v) is 8.69. The molecule has 5 rings (SSSR count). The van der Waals surface area contributed by atoms with E-state index in [1.807, 2.05) is 6.92 Å². The van der Waals surface area contributed by atoms with Crippen LogP contribution >= 0.6 is 0 Å². The topological polar surface area (TPSA) is 161 Å². The number of halogens is 1. The highest BCUT2D eigenvalue weighted by Gasteiger charge is 2.23. The number of pyridine rings is 1. The molecule has 3 amide bonds. The summed E-state index contributed by atoms with van der Waals surface area (Å²) in [5.41, 5.74) is 9.29. The van der Waals surface area contributed by atoms with Gasteiger partial charge < -0.3 is 31.7 Å². The predicted molar refractivity (Wildman–Crippen MR) is 139 cm³/mol. The molecule has 0 saturated carbocycles. The Kier molecular flexibility index (Phi) is 6.64. The number of nitrogens with two attached hydrogens (primary N) is 1. The van der Waals surface area contributed by atoms with Gasteiger partial charge in [-0.1, -0.05) is 12.1 Å². The molecular formula is C25H26FN9O3. The zero-order valence-electron chi connectivity index (χ0n) is 20.7. The second kappa shape index (κ2) is 10.2. The average molecular weight is 520 g/mol. The lowest BCUT2D eigenvalue weighted by molar-refractivity contribution is 0.0932. The fourth-order valence-corrected chi connectivity index (χ4v) is 4.09. The van der Waals surface area contributed by atoms with Gasteiger partial charge in [-0.2, -0.15) is 9.61 Å². The Morgan fingerprint density at radius 2 is 2.05 bits per heavy atom. The normalized spacial score (nSPS) is 15.2. The summed E-state index contributed by atoms with van der Waals surface area (Å²) in [6, 6.07) is 8.02. The molecule has 1 aliphatic heterocycles. The highest BCUT2D eigenvalue weighted by molar-refractivity contribution is 6.01. The molecule has 2 bridgehead atoms. The first kappa shape index (κ1) is 24.7. The summed E-state index contributed by atoms with van der Waals surface area (Å²) in [6.45, 7) is 4.39. The molecule has 196 valence electrons. The average Bonchev–Trinajstić information content (AvgIpc) is 3.32. The van der Waals surface area contributed by atoms with E-state index in [0.717, 1.165) is 6.20 Å². The largest absolute Gasteiger partial charge is 0.473 e. The summed E-state index contributed by atoms with van der Waals surface area (Å²) in [5.74, 6) is -0.0990. The molecule has 13 heteroatoms. The number of ether oxygens (including phenoxy) is 1. The Morgan fingerprint density at radius 3 is 2.82 bits per heavy atom. The number of nitrogens with one attached hydrogen (secondary N) is 4. The molecular weight excluding hydrogens is 493 g/mol. The van der Waals surface area contributed by atoms with Gasteiger partial charge in [0.15, 0.2) is 5.65 Å². The lowest BCUT2D eigenvalue weighted by Gasteiger charge is -2.18. The summed E-state index contributed by atoms with van der Waals surface area (Å²) in [7, 11) is 0. The Morgan fingerprint density at radius 1 is 1.26 bits per heavy atom. The standard InChI is InChI=1S/C25H26FN9O3/c1-3-28-25(37)33-17-6-4-14(5-7-17)19-20(27)35-22-18(12-32-35)23(36)30-9-13(2)38-24-15(8-16(26)11-31-24)10-29-21(19)34-22/h4-8,11-13H,3,9-10,27H2,1-2H3,(H,29,34)(H,30,36)(H2,28,33,37)/t13-/m0/s1. The monoisotopic (exact) mass is 519 g/mol. The number of amides is 3. The zero-order valence-corrected chi connectivity index (χ0v) is 20.7. The Bertz CT molecular complexity index is 1520. The van der Waals surface area contributed by atoms with Crippen LogP contribution in [0.3, 0.4) is 0 Å². The van der Waals surface area contributed by atoms with E-state index in [0.29, 0.717) is 34.7 Å². The van der Waals surface area contributed by atoms with Gasteiger partial charge in [-0.15, -0.1) is 0 Å². The van der Waals surface area contributed by atoms with Gasteiger partial charge >= 0.3 is 6.03 Å². The van der Waals surface area contributed by atoms with Crippen molar-refractivity contribution in [1.82, 2.24) is 30.2 Å². The van der Waals surface area contributed by atoms with E-state index in [1.165, 1.54) is 16.8 Å². The predicted octanol–water partition coefficient (Wildman–Crippen LogP) is 2.78. The van der Waals surface area contributed by atoms with Gasteiger partial charge in [-0.3, -0.25) is 4.79 Å². The number of carbonyl (C=O) groups excluding carboxylic acids is 2. The zero-order chi connectivity index (χ0) is 26.8. The fraction of sp³-hybridized carbons (Fsp3) is 0.240. The minimum atomic E-state index is -0.518. The summed E-state index contributed by atoms with van der Waals surface area (Å²) in [6.07, 6.45) is 2.04. The van der Waals surface area contributed by atoms with Crippen LogP contribution in [0.5, 0.6) is 5.88 Å². The molecule has 6 N–H and O–H groups in total. The Hall–Kier alpha value is -4.94. The minimum absolute atomic E-state index is 0.115. The molecule has 0 aliphatic carbocycles. The van der Waals surface area contributed by atoms with Crippen LogP contribution in [0.2, 0.25) is 0 Å². The van der Waals surface area contributed by atoms with Crippen molar-refractivity contribution in [2.24, 2.45) is 0 Å². The molecule has 12 nitrogen and oxygen atoms in total. The number of hydrogen-bond donors (Lipinski definition) is 5. The first-order valence-corrected chi connectivity index (χ1v) is 12.0. The molecule has 3 aromatic heterocycles. The van der Waals surface area contributed by atoms with E-state index < -0.39 is 17.8 Å². The third-order valence-electron chi connectivity index (χ3n) is 5.90. The molecule has 38 heavy (non-hydrogen) atoms. The molecule has 1 aliphatic rings.